The fraction of sp³-hybridized carbons (Fsp3) is 0.333. The van der Waals surface area contributed by atoms with Gasteiger partial charge in [0.15, 0.2) is 0 Å². The Morgan fingerprint density at radius 3 is 2.87 bits per heavy atom. The van der Waals surface area contributed by atoms with Crippen molar-refractivity contribution < 1.29 is 4.39 Å². The number of benzene rings is 1. The van der Waals surface area contributed by atoms with E-state index < -0.39 is 0 Å². The summed E-state index contributed by atoms with van der Waals surface area (Å²) >= 11 is 3.16. The van der Waals surface area contributed by atoms with Crippen LogP contribution in [0, 0.1) is 5.82 Å². The summed E-state index contributed by atoms with van der Waals surface area (Å²) in [6, 6.07) is 5.32. The van der Waals surface area contributed by atoms with E-state index in [0.717, 1.165) is 12.1 Å². The van der Waals surface area contributed by atoms with Crippen LogP contribution in [-0.2, 0) is 0 Å². The quantitative estimate of drug-likeness (QED) is 0.883. The molecule has 0 fully saturated rings. The van der Waals surface area contributed by atoms with E-state index in [1.165, 1.54) is 6.07 Å². The van der Waals surface area contributed by atoms with Crippen molar-refractivity contribution in [3.8, 4) is 0 Å². The summed E-state index contributed by atoms with van der Waals surface area (Å²) in [6.45, 7) is 5.09. The number of rotatable bonds is 4. The number of hydrogen-bond donors (Lipinski definition) is 1. The predicted molar refractivity (Wildman–Crippen MR) is 66.3 cm³/mol. The monoisotopic (exact) mass is 271 g/mol. The topological polar surface area (TPSA) is 12.0 Å². The summed E-state index contributed by atoms with van der Waals surface area (Å²) in [5.74, 6) is -0.230. The molecular formula is C12H15BrFN. The second-order valence-electron chi connectivity index (χ2n) is 3.38. The van der Waals surface area contributed by atoms with Crippen molar-refractivity contribution in [2.75, 3.05) is 6.54 Å². The molecule has 0 aromatic heterocycles. The molecule has 1 rings (SSSR count). The van der Waals surface area contributed by atoms with E-state index in [0.29, 0.717) is 10.5 Å². The predicted octanol–water partition coefficient (Wildman–Crippen LogP) is 3.60. The summed E-state index contributed by atoms with van der Waals surface area (Å²) in [5, 5.41) is 3.27. The molecule has 0 bridgehead atoms. The average molecular weight is 272 g/mol. The molecule has 0 heterocycles. The molecular weight excluding hydrogens is 257 g/mol. The molecule has 1 unspecified atom stereocenters. The number of nitrogens with one attached hydrogen (secondary N) is 1. The summed E-state index contributed by atoms with van der Waals surface area (Å²) < 4.78 is 13.4. The van der Waals surface area contributed by atoms with Crippen LogP contribution >= 0.6 is 15.9 Å². The molecule has 1 aromatic carbocycles. The average Bonchev–Trinajstić information content (AvgIpc) is 2.20. The third-order valence-corrected chi connectivity index (χ3v) is 2.65. The SMILES string of the molecule is CCNC(C)/C=C/c1ccc(F)c(Br)c1. The highest BCUT2D eigenvalue weighted by Gasteiger charge is 1.98. The highest BCUT2D eigenvalue weighted by Crippen LogP contribution is 2.17. The molecule has 1 aromatic rings. The fourth-order valence-electron chi connectivity index (χ4n) is 1.26. The van der Waals surface area contributed by atoms with Crippen LogP contribution in [0.4, 0.5) is 4.39 Å². The standard InChI is InChI=1S/C12H15BrFN/c1-3-15-9(2)4-5-10-6-7-12(14)11(13)8-10/h4-9,15H,3H2,1-2H3/b5-4+. The van der Waals surface area contributed by atoms with E-state index in [1.54, 1.807) is 12.1 Å². The Kier molecular flexibility index (Phi) is 4.99. The van der Waals surface area contributed by atoms with Gasteiger partial charge in [-0.1, -0.05) is 25.1 Å². The summed E-state index contributed by atoms with van der Waals surface area (Å²) in [4.78, 5) is 0. The summed E-state index contributed by atoms with van der Waals surface area (Å²) in [6.07, 6.45) is 4.04. The van der Waals surface area contributed by atoms with Gasteiger partial charge in [0.1, 0.15) is 5.82 Å². The normalized spacial score (nSPS) is 13.3. The van der Waals surface area contributed by atoms with Crippen molar-refractivity contribution >= 4 is 22.0 Å². The van der Waals surface area contributed by atoms with Crippen LogP contribution in [0.2, 0.25) is 0 Å². The zero-order valence-electron chi connectivity index (χ0n) is 8.93. The first-order valence-corrected chi connectivity index (χ1v) is 5.79. The van der Waals surface area contributed by atoms with E-state index in [2.05, 4.69) is 41.2 Å². The van der Waals surface area contributed by atoms with Gasteiger partial charge in [0.2, 0.25) is 0 Å². The van der Waals surface area contributed by atoms with Gasteiger partial charge < -0.3 is 5.32 Å². The van der Waals surface area contributed by atoms with Crippen LogP contribution in [-0.4, -0.2) is 12.6 Å². The van der Waals surface area contributed by atoms with Crippen LogP contribution in [0.15, 0.2) is 28.7 Å². The zero-order valence-corrected chi connectivity index (χ0v) is 10.5. The minimum absolute atomic E-state index is 0.230. The van der Waals surface area contributed by atoms with Crippen molar-refractivity contribution in [2.45, 2.75) is 19.9 Å². The molecule has 3 heteroatoms. The Balaban J connectivity index is 2.68. The van der Waals surface area contributed by atoms with Crippen LogP contribution in [0.5, 0.6) is 0 Å². The van der Waals surface area contributed by atoms with Crippen LogP contribution in [0.25, 0.3) is 6.08 Å². The highest BCUT2D eigenvalue weighted by molar-refractivity contribution is 9.10. The fourth-order valence-corrected chi connectivity index (χ4v) is 1.66. The van der Waals surface area contributed by atoms with Crippen molar-refractivity contribution in [1.29, 1.82) is 0 Å². The summed E-state index contributed by atoms with van der Waals surface area (Å²) in [7, 11) is 0. The first-order chi connectivity index (χ1) is 7.13. The minimum atomic E-state index is -0.230. The first-order valence-electron chi connectivity index (χ1n) is 5.00. The number of hydrogen-bond acceptors (Lipinski definition) is 1. The third kappa shape index (κ3) is 4.14. The third-order valence-electron chi connectivity index (χ3n) is 2.05. The van der Waals surface area contributed by atoms with Crippen molar-refractivity contribution in [3.63, 3.8) is 0 Å². The first kappa shape index (κ1) is 12.4. The maximum absolute atomic E-state index is 12.9. The molecule has 82 valence electrons. The van der Waals surface area contributed by atoms with Gasteiger partial charge in [-0.05, 0) is 47.1 Å². The highest BCUT2D eigenvalue weighted by atomic mass is 79.9. The van der Waals surface area contributed by atoms with Crippen molar-refractivity contribution in [1.82, 2.24) is 5.32 Å². The van der Waals surface area contributed by atoms with E-state index in [1.807, 2.05) is 6.08 Å². The largest absolute Gasteiger partial charge is 0.311 e. The lowest BCUT2D eigenvalue weighted by atomic mass is 10.2. The van der Waals surface area contributed by atoms with Crippen LogP contribution in [0.3, 0.4) is 0 Å². The van der Waals surface area contributed by atoms with Gasteiger partial charge in [0.05, 0.1) is 4.47 Å². The summed E-state index contributed by atoms with van der Waals surface area (Å²) in [5.41, 5.74) is 0.994. The van der Waals surface area contributed by atoms with Gasteiger partial charge >= 0.3 is 0 Å². The Morgan fingerprint density at radius 1 is 1.53 bits per heavy atom. The maximum Gasteiger partial charge on any atom is 0.137 e. The Labute approximate surface area is 98.5 Å². The van der Waals surface area contributed by atoms with Gasteiger partial charge in [0, 0.05) is 6.04 Å². The lowest BCUT2D eigenvalue weighted by Gasteiger charge is -2.05. The molecule has 0 saturated carbocycles. The van der Waals surface area contributed by atoms with Crippen molar-refractivity contribution in [2.24, 2.45) is 0 Å². The second-order valence-corrected chi connectivity index (χ2v) is 4.23. The maximum atomic E-state index is 12.9. The van der Waals surface area contributed by atoms with Gasteiger partial charge in [-0.2, -0.15) is 0 Å². The van der Waals surface area contributed by atoms with Gasteiger partial charge in [0.25, 0.3) is 0 Å². The minimum Gasteiger partial charge on any atom is -0.311 e. The van der Waals surface area contributed by atoms with E-state index in [9.17, 15) is 4.39 Å². The van der Waals surface area contributed by atoms with Gasteiger partial charge in [-0.25, -0.2) is 4.39 Å². The molecule has 1 atom stereocenters. The number of halogens is 2. The molecule has 0 aliphatic carbocycles. The molecule has 1 nitrogen and oxygen atoms in total. The van der Waals surface area contributed by atoms with Crippen molar-refractivity contribution in [3.05, 3.63) is 40.1 Å². The molecule has 1 N–H and O–H groups in total. The smallest absolute Gasteiger partial charge is 0.137 e. The Morgan fingerprint density at radius 2 is 2.27 bits per heavy atom. The molecule has 15 heavy (non-hydrogen) atoms. The molecule has 0 radical (unpaired) electrons. The molecule has 0 saturated heterocycles. The zero-order chi connectivity index (χ0) is 11.3. The lowest BCUT2D eigenvalue weighted by molar-refractivity contribution is 0.621. The molecule has 0 spiro atoms. The van der Waals surface area contributed by atoms with E-state index in [4.69, 9.17) is 0 Å². The molecule has 0 amide bonds. The van der Waals surface area contributed by atoms with Gasteiger partial charge in [-0.15, -0.1) is 0 Å². The lowest BCUT2D eigenvalue weighted by Crippen LogP contribution is -2.22. The number of likely N-dealkylation sites (N-methyl/N-ethyl adjacent to an activating group) is 1. The Bertz CT molecular complexity index is 349. The van der Waals surface area contributed by atoms with E-state index in [-0.39, 0.29) is 5.82 Å². The molecule has 0 aliphatic rings. The second kappa shape index (κ2) is 6.03. The van der Waals surface area contributed by atoms with Gasteiger partial charge in [-0.3, -0.25) is 0 Å². The van der Waals surface area contributed by atoms with Crippen LogP contribution in [0.1, 0.15) is 19.4 Å². The molecule has 0 aliphatic heterocycles. The Hall–Kier alpha value is -0.670. The van der Waals surface area contributed by atoms with Crippen LogP contribution < -0.4 is 5.32 Å². The van der Waals surface area contributed by atoms with E-state index >= 15 is 0 Å².